The number of benzene rings is 1. The van der Waals surface area contributed by atoms with Crippen LogP contribution in [0.4, 0.5) is 11.4 Å². The molecule has 0 saturated carbocycles. The minimum absolute atomic E-state index is 0.419. The fraction of sp³-hybridized carbons (Fsp3) is 0.500. The van der Waals surface area contributed by atoms with Crippen molar-refractivity contribution in [1.29, 1.82) is 0 Å². The van der Waals surface area contributed by atoms with Crippen LogP contribution in [0.2, 0.25) is 0 Å². The van der Waals surface area contributed by atoms with Crippen LogP contribution in [0.15, 0.2) is 0 Å². The molecular weight excluding hydrogens is 266 g/mol. The molecule has 1 atom stereocenters. The Labute approximate surface area is 113 Å². The number of primary sulfonamides is 1. The van der Waals surface area contributed by atoms with Gasteiger partial charge in [-0.2, -0.15) is 0 Å². The predicted molar refractivity (Wildman–Crippen MR) is 77.0 cm³/mol. The van der Waals surface area contributed by atoms with Crippen LogP contribution in [-0.4, -0.2) is 19.3 Å². The van der Waals surface area contributed by atoms with Crippen molar-refractivity contribution < 1.29 is 13.5 Å². The van der Waals surface area contributed by atoms with Gasteiger partial charge in [0.25, 0.3) is 0 Å². The Morgan fingerprint density at radius 1 is 1.05 bits per heavy atom. The van der Waals surface area contributed by atoms with Crippen molar-refractivity contribution in [2.75, 3.05) is 17.2 Å². The molecule has 0 aromatic heterocycles. The quantitative estimate of drug-likeness (QED) is 0.592. The molecule has 108 valence electrons. The Bertz CT molecular complexity index is 593. The lowest BCUT2D eigenvalue weighted by Gasteiger charge is -2.29. The highest BCUT2D eigenvalue weighted by atomic mass is 32.2. The van der Waals surface area contributed by atoms with E-state index in [2.05, 4.69) is 0 Å². The number of aliphatic hydroxyl groups is 1. The molecular formula is C12H21N3O3S. The Hall–Kier alpha value is -1.31. The molecule has 0 spiro atoms. The van der Waals surface area contributed by atoms with E-state index in [4.69, 9.17) is 16.6 Å². The number of nitrogen functional groups attached to an aromatic ring is 2. The van der Waals surface area contributed by atoms with E-state index < -0.39 is 21.4 Å². The van der Waals surface area contributed by atoms with Gasteiger partial charge in [-0.05, 0) is 49.9 Å². The summed E-state index contributed by atoms with van der Waals surface area (Å²) in [4.78, 5) is 0. The summed E-state index contributed by atoms with van der Waals surface area (Å²) in [5, 5.41) is 15.5. The lowest BCUT2D eigenvalue weighted by molar-refractivity contribution is 0.0807. The smallest absolute Gasteiger partial charge is 0.212 e. The average Bonchev–Trinajstić information content (AvgIpc) is 2.20. The third-order valence-electron chi connectivity index (χ3n) is 3.39. The molecule has 0 bridgehead atoms. The maximum atomic E-state index is 11.2. The van der Waals surface area contributed by atoms with E-state index >= 15 is 0 Å². The summed E-state index contributed by atoms with van der Waals surface area (Å²) in [5.74, 6) is -0.594. The summed E-state index contributed by atoms with van der Waals surface area (Å²) >= 11 is 0. The van der Waals surface area contributed by atoms with Crippen LogP contribution in [0, 0.1) is 20.8 Å². The predicted octanol–water partition coefficient (Wildman–Crippen LogP) is 0.272. The summed E-state index contributed by atoms with van der Waals surface area (Å²) in [5.41, 5.74) is 13.5. The van der Waals surface area contributed by atoms with Crippen LogP contribution >= 0.6 is 0 Å². The van der Waals surface area contributed by atoms with E-state index in [1.165, 1.54) is 6.92 Å². The van der Waals surface area contributed by atoms with Crippen LogP contribution < -0.4 is 16.6 Å². The van der Waals surface area contributed by atoms with Gasteiger partial charge in [0.15, 0.2) is 0 Å². The molecule has 1 unspecified atom stereocenters. The van der Waals surface area contributed by atoms with Crippen LogP contribution in [0.3, 0.4) is 0 Å². The summed E-state index contributed by atoms with van der Waals surface area (Å²) in [7, 11) is -3.83. The van der Waals surface area contributed by atoms with Crippen LogP contribution in [0.5, 0.6) is 0 Å². The Morgan fingerprint density at radius 2 is 1.42 bits per heavy atom. The van der Waals surface area contributed by atoms with Crippen molar-refractivity contribution in [3.63, 3.8) is 0 Å². The Morgan fingerprint density at radius 3 is 1.74 bits per heavy atom. The molecule has 0 aliphatic heterocycles. The first kappa shape index (κ1) is 15.7. The molecule has 1 aromatic carbocycles. The van der Waals surface area contributed by atoms with Gasteiger partial charge in [-0.1, -0.05) is 0 Å². The topological polar surface area (TPSA) is 132 Å². The maximum Gasteiger partial charge on any atom is 0.212 e. The fourth-order valence-corrected chi connectivity index (χ4v) is 3.46. The van der Waals surface area contributed by atoms with E-state index in [1.807, 2.05) is 0 Å². The zero-order chi connectivity index (χ0) is 15.2. The first-order chi connectivity index (χ1) is 8.38. The fourth-order valence-electron chi connectivity index (χ4n) is 2.53. The molecule has 0 amide bonds. The third-order valence-corrected chi connectivity index (χ3v) is 4.35. The van der Waals surface area contributed by atoms with Crippen LogP contribution in [0.25, 0.3) is 0 Å². The summed E-state index contributed by atoms with van der Waals surface area (Å²) in [6.45, 7) is 6.62. The number of anilines is 2. The van der Waals surface area contributed by atoms with Crippen molar-refractivity contribution in [3.05, 3.63) is 22.3 Å². The van der Waals surface area contributed by atoms with Crippen molar-refractivity contribution in [2.45, 2.75) is 33.3 Å². The van der Waals surface area contributed by atoms with E-state index in [9.17, 15) is 13.5 Å². The summed E-state index contributed by atoms with van der Waals surface area (Å²) < 4.78 is 22.5. The normalized spacial score (nSPS) is 15.3. The first-order valence-electron chi connectivity index (χ1n) is 5.76. The van der Waals surface area contributed by atoms with Crippen molar-refractivity contribution >= 4 is 21.4 Å². The van der Waals surface area contributed by atoms with Crippen molar-refractivity contribution in [1.82, 2.24) is 0 Å². The van der Waals surface area contributed by atoms with Gasteiger partial charge in [0.2, 0.25) is 10.0 Å². The van der Waals surface area contributed by atoms with Gasteiger partial charge in [-0.15, -0.1) is 0 Å². The number of rotatable bonds is 3. The zero-order valence-corrected chi connectivity index (χ0v) is 12.4. The second-order valence-electron chi connectivity index (χ2n) is 5.16. The first-order valence-corrected chi connectivity index (χ1v) is 7.48. The SMILES string of the molecule is Cc1c(N)c(C)c(C(C)(O)CS(N)(=O)=O)c(C)c1N. The van der Waals surface area contributed by atoms with E-state index in [1.54, 1.807) is 20.8 Å². The highest BCUT2D eigenvalue weighted by Gasteiger charge is 2.33. The van der Waals surface area contributed by atoms with Gasteiger partial charge in [-0.25, -0.2) is 13.6 Å². The lowest BCUT2D eigenvalue weighted by atomic mass is 9.86. The molecule has 6 nitrogen and oxygen atoms in total. The monoisotopic (exact) mass is 287 g/mol. The molecule has 0 heterocycles. The van der Waals surface area contributed by atoms with Gasteiger partial charge in [0, 0.05) is 11.4 Å². The van der Waals surface area contributed by atoms with Gasteiger partial charge in [0.05, 0.1) is 5.75 Å². The number of hydrogen-bond donors (Lipinski definition) is 4. The maximum absolute atomic E-state index is 11.2. The van der Waals surface area contributed by atoms with Crippen LogP contribution in [0.1, 0.15) is 29.2 Å². The molecule has 7 heteroatoms. The summed E-state index contributed by atoms with van der Waals surface area (Å²) in [6, 6.07) is 0. The molecule has 1 rings (SSSR count). The van der Waals surface area contributed by atoms with Gasteiger partial charge >= 0.3 is 0 Å². The molecule has 0 fully saturated rings. The molecule has 0 aliphatic rings. The Balaban J connectivity index is 3.60. The number of nitrogens with two attached hydrogens (primary N) is 3. The average molecular weight is 287 g/mol. The molecule has 0 aliphatic carbocycles. The van der Waals surface area contributed by atoms with Gasteiger partial charge < -0.3 is 16.6 Å². The highest BCUT2D eigenvalue weighted by Crippen LogP contribution is 2.37. The largest absolute Gasteiger partial charge is 0.398 e. The second-order valence-corrected chi connectivity index (χ2v) is 6.77. The van der Waals surface area contributed by atoms with Crippen LogP contribution in [-0.2, 0) is 15.6 Å². The minimum atomic E-state index is -3.83. The molecule has 19 heavy (non-hydrogen) atoms. The van der Waals surface area contributed by atoms with Crippen molar-refractivity contribution in [2.24, 2.45) is 5.14 Å². The Kier molecular flexibility index (Phi) is 3.86. The van der Waals surface area contributed by atoms with Crippen molar-refractivity contribution in [3.8, 4) is 0 Å². The van der Waals surface area contributed by atoms with Gasteiger partial charge in [0.1, 0.15) is 5.60 Å². The lowest BCUT2D eigenvalue weighted by Crippen LogP contribution is -2.36. The molecule has 0 saturated heterocycles. The van der Waals surface area contributed by atoms with E-state index in [0.29, 0.717) is 28.1 Å². The second kappa shape index (κ2) is 4.66. The molecule has 1 aromatic rings. The van der Waals surface area contributed by atoms with E-state index in [0.717, 1.165) is 5.56 Å². The van der Waals surface area contributed by atoms with E-state index in [-0.39, 0.29) is 0 Å². The summed E-state index contributed by atoms with van der Waals surface area (Å²) in [6.07, 6.45) is 0. The highest BCUT2D eigenvalue weighted by molar-refractivity contribution is 7.89. The standard InChI is InChI=1S/C12H21N3O3S/c1-6-9(12(4,16)5-19(15,17)18)7(2)11(14)8(3)10(6)13/h16H,5,13-14H2,1-4H3,(H2,15,17,18). The van der Waals surface area contributed by atoms with Gasteiger partial charge in [-0.3, -0.25) is 0 Å². The molecule has 7 N–H and O–H groups in total. The molecule has 0 radical (unpaired) electrons. The number of hydrogen-bond acceptors (Lipinski definition) is 5. The minimum Gasteiger partial charge on any atom is -0.398 e. The third kappa shape index (κ3) is 2.99. The number of sulfonamides is 1. The zero-order valence-electron chi connectivity index (χ0n) is 11.6.